The van der Waals surface area contributed by atoms with E-state index in [1.54, 1.807) is 24.3 Å². The van der Waals surface area contributed by atoms with Crippen LogP contribution >= 0.6 is 12.6 Å². The second kappa shape index (κ2) is 10.9. The van der Waals surface area contributed by atoms with Crippen LogP contribution in [0.3, 0.4) is 0 Å². The Balaban J connectivity index is 0.000000208. The van der Waals surface area contributed by atoms with Crippen molar-refractivity contribution in [1.29, 1.82) is 0 Å². The minimum absolute atomic E-state index is 0.280. The molecule has 0 aromatic heterocycles. The summed E-state index contributed by atoms with van der Waals surface area (Å²) in [6.45, 7) is 1.08. The molecule has 124 valence electrons. The third kappa shape index (κ3) is 8.66. The summed E-state index contributed by atoms with van der Waals surface area (Å²) >= 11 is 4.02. The van der Waals surface area contributed by atoms with Gasteiger partial charge in [-0.15, -0.1) is 12.6 Å². The third-order valence-corrected chi connectivity index (χ3v) is 3.03. The van der Waals surface area contributed by atoms with Gasteiger partial charge in [0.2, 0.25) is 0 Å². The van der Waals surface area contributed by atoms with Gasteiger partial charge in [0.15, 0.2) is 0 Å². The van der Waals surface area contributed by atoms with Crippen LogP contribution in [0.4, 0.5) is 0 Å². The average molecular weight is 340 g/mol. The van der Waals surface area contributed by atoms with E-state index >= 15 is 0 Å². The first-order valence-corrected chi connectivity index (χ1v) is 7.71. The average Bonchev–Trinajstić information content (AvgIpc) is 2.59. The summed E-state index contributed by atoms with van der Waals surface area (Å²) in [6.07, 6.45) is 0. The number of phenols is 1. The quantitative estimate of drug-likeness (QED) is 0.539. The molecule has 0 aliphatic heterocycles. The molecule has 24 heavy (non-hydrogen) atoms. The fourth-order valence-corrected chi connectivity index (χ4v) is 1.86. The van der Waals surface area contributed by atoms with Crippen LogP contribution in [0.25, 0.3) is 11.1 Å². The van der Waals surface area contributed by atoms with E-state index in [1.807, 2.05) is 12.1 Å². The fourth-order valence-electron chi connectivity index (χ4n) is 1.71. The lowest BCUT2D eigenvalue weighted by molar-refractivity contribution is -0.134. The molecule has 0 fully saturated rings. The molecule has 0 unspecified atom stereocenters. The Kier molecular flexibility index (Phi) is 8.79. The number of carbonyl (C=O) groups is 1. The van der Waals surface area contributed by atoms with Gasteiger partial charge in [0.05, 0.1) is 0 Å². The summed E-state index contributed by atoms with van der Waals surface area (Å²) < 4.78 is 0. The number of aliphatic carboxylic acids is 1. The maximum absolute atomic E-state index is 9.00. The van der Waals surface area contributed by atoms with Crippen LogP contribution in [-0.2, 0) is 4.79 Å². The summed E-state index contributed by atoms with van der Waals surface area (Å²) in [5.74, 6) is -0.553. The van der Waals surface area contributed by atoms with Gasteiger partial charge in [0, 0.05) is 11.8 Å². The van der Waals surface area contributed by atoms with Gasteiger partial charge in [0.1, 0.15) is 5.75 Å². The van der Waals surface area contributed by atoms with Crippen LogP contribution in [0, 0.1) is 0 Å². The number of hydrogen-bond acceptors (Lipinski definition) is 3. The molecule has 0 aliphatic carbocycles. The predicted molar refractivity (Wildman–Crippen MR) is 101 cm³/mol. The van der Waals surface area contributed by atoms with Crippen molar-refractivity contribution in [3.8, 4) is 16.9 Å². The van der Waals surface area contributed by atoms with E-state index in [9.17, 15) is 0 Å². The molecule has 2 N–H and O–H groups in total. The Hall–Kier alpha value is -2.72. The fraction of sp³-hybridized carbons (Fsp3) is 0.0500. The molecular weight excluding hydrogens is 320 g/mol. The van der Waals surface area contributed by atoms with Crippen molar-refractivity contribution >= 4 is 18.6 Å². The van der Waals surface area contributed by atoms with E-state index < -0.39 is 5.97 Å². The van der Waals surface area contributed by atoms with E-state index in [2.05, 4.69) is 61.2 Å². The topological polar surface area (TPSA) is 57.5 Å². The van der Waals surface area contributed by atoms with E-state index in [0.29, 0.717) is 0 Å². The van der Waals surface area contributed by atoms with Crippen molar-refractivity contribution in [3.63, 3.8) is 0 Å². The standard InChI is InChI=1S/C12H10.C6H6OS.C2H4O2/c1-3-7-11(8-4-1)12-9-5-2-6-10-12;7-5-1-3-6(8)4-2-5;1-2(3)4/h1-10H;1-4,7-8H;1H3,(H,3,4). The van der Waals surface area contributed by atoms with Crippen LogP contribution in [0.15, 0.2) is 89.8 Å². The smallest absolute Gasteiger partial charge is 0.300 e. The van der Waals surface area contributed by atoms with Crippen LogP contribution in [0.2, 0.25) is 0 Å². The normalized spacial score (nSPS) is 8.92. The number of carboxylic acid groups (broad SMARTS) is 1. The monoisotopic (exact) mass is 340 g/mol. The van der Waals surface area contributed by atoms with Gasteiger partial charge >= 0.3 is 0 Å². The Morgan fingerprint density at radius 2 is 1.08 bits per heavy atom. The lowest BCUT2D eigenvalue weighted by atomic mass is 10.1. The molecule has 0 amide bonds. The molecule has 0 radical (unpaired) electrons. The number of phenolic OH excluding ortho intramolecular Hbond substituents is 1. The van der Waals surface area contributed by atoms with Crippen LogP contribution in [0.5, 0.6) is 5.75 Å². The van der Waals surface area contributed by atoms with E-state index in [0.717, 1.165) is 11.8 Å². The summed E-state index contributed by atoms with van der Waals surface area (Å²) in [5.41, 5.74) is 2.55. The van der Waals surface area contributed by atoms with Gasteiger partial charge in [-0.25, -0.2) is 0 Å². The highest BCUT2D eigenvalue weighted by atomic mass is 32.1. The largest absolute Gasteiger partial charge is 0.508 e. The number of carboxylic acids is 1. The molecule has 0 saturated carbocycles. The summed E-state index contributed by atoms with van der Waals surface area (Å²) in [5, 5.41) is 16.1. The van der Waals surface area contributed by atoms with Gasteiger partial charge in [-0.2, -0.15) is 0 Å². The zero-order valence-corrected chi connectivity index (χ0v) is 14.2. The number of benzene rings is 3. The van der Waals surface area contributed by atoms with Crippen molar-refractivity contribution < 1.29 is 15.0 Å². The minimum Gasteiger partial charge on any atom is -0.508 e. The Labute approximate surface area is 147 Å². The molecule has 0 heterocycles. The van der Waals surface area contributed by atoms with Gasteiger partial charge in [-0.1, -0.05) is 60.7 Å². The van der Waals surface area contributed by atoms with Gasteiger partial charge in [-0.05, 0) is 35.4 Å². The molecule has 4 heteroatoms. The second-order valence-electron chi connectivity index (χ2n) is 4.77. The number of thiol groups is 1. The first kappa shape index (κ1) is 19.3. The molecule has 0 atom stereocenters. The second-order valence-corrected chi connectivity index (χ2v) is 5.28. The SMILES string of the molecule is CC(=O)O.Oc1ccc(S)cc1.c1ccc(-c2ccccc2)cc1. The van der Waals surface area contributed by atoms with Gasteiger partial charge in [0.25, 0.3) is 5.97 Å². The maximum Gasteiger partial charge on any atom is 0.300 e. The minimum atomic E-state index is -0.833. The lowest BCUT2D eigenvalue weighted by Gasteiger charge is -1.98. The van der Waals surface area contributed by atoms with Crippen molar-refractivity contribution in [3.05, 3.63) is 84.9 Å². The number of rotatable bonds is 1. The Morgan fingerprint density at radius 1 is 0.750 bits per heavy atom. The highest BCUT2D eigenvalue weighted by Gasteiger charge is 1.91. The van der Waals surface area contributed by atoms with E-state index in [1.165, 1.54) is 11.1 Å². The van der Waals surface area contributed by atoms with E-state index in [-0.39, 0.29) is 5.75 Å². The molecule has 0 saturated heterocycles. The van der Waals surface area contributed by atoms with Crippen LogP contribution < -0.4 is 0 Å². The van der Waals surface area contributed by atoms with Gasteiger partial charge in [-0.3, -0.25) is 4.79 Å². The molecule has 3 aromatic rings. The highest BCUT2D eigenvalue weighted by Crippen LogP contribution is 2.17. The predicted octanol–water partition coefficient (Wildman–Crippen LogP) is 5.13. The molecule has 0 spiro atoms. The van der Waals surface area contributed by atoms with Crippen LogP contribution in [0.1, 0.15) is 6.92 Å². The van der Waals surface area contributed by atoms with E-state index in [4.69, 9.17) is 15.0 Å². The third-order valence-electron chi connectivity index (χ3n) is 2.73. The number of aromatic hydroxyl groups is 1. The molecule has 3 aromatic carbocycles. The highest BCUT2D eigenvalue weighted by molar-refractivity contribution is 7.80. The van der Waals surface area contributed by atoms with Crippen molar-refractivity contribution in [2.45, 2.75) is 11.8 Å². The Bertz CT molecular complexity index is 648. The zero-order valence-electron chi connectivity index (χ0n) is 13.3. The Morgan fingerprint density at radius 3 is 1.38 bits per heavy atom. The van der Waals surface area contributed by atoms with Crippen molar-refractivity contribution in [1.82, 2.24) is 0 Å². The summed E-state index contributed by atoms with van der Waals surface area (Å²) in [7, 11) is 0. The molecule has 3 rings (SSSR count). The van der Waals surface area contributed by atoms with Gasteiger partial charge < -0.3 is 10.2 Å². The maximum atomic E-state index is 9.00. The van der Waals surface area contributed by atoms with Crippen LogP contribution in [-0.4, -0.2) is 16.2 Å². The molecule has 0 aliphatic rings. The number of hydrogen-bond donors (Lipinski definition) is 3. The van der Waals surface area contributed by atoms with Crippen molar-refractivity contribution in [2.75, 3.05) is 0 Å². The zero-order chi connectivity index (χ0) is 17.8. The lowest BCUT2D eigenvalue weighted by Crippen LogP contribution is -1.78. The first-order valence-electron chi connectivity index (χ1n) is 7.27. The molecular formula is C20H20O3S. The summed E-state index contributed by atoms with van der Waals surface area (Å²) in [4.78, 5) is 9.86. The van der Waals surface area contributed by atoms with Crippen molar-refractivity contribution in [2.24, 2.45) is 0 Å². The summed E-state index contributed by atoms with van der Waals surface area (Å²) in [6, 6.07) is 27.4. The first-order chi connectivity index (χ1) is 11.5. The molecule has 3 nitrogen and oxygen atoms in total. The molecule has 0 bridgehead atoms.